The molecule has 0 aromatic heterocycles. The van der Waals surface area contributed by atoms with Crippen LogP contribution in [0, 0.1) is 5.92 Å². The number of hydrogen-bond donors (Lipinski definition) is 1. The van der Waals surface area contributed by atoms with Crippen molar-refractivity contribution in [2.75, 3.05) is 52.6 Å². The molecule has 0 amide bonds. The summed E-state index contributed by atoms with van der Waals surface area (Å²) in [6, 6.07) is 0. The zero-order valence-electron chi connectivity index (χ0n) is 16.8. The largest absolute Gasteiger partial charge is 0.466 e. The lowest BCUT2D eigenvalue weighted by Crippen LogP contribution is -2.46. The average molecular weight is 497 g/mol. The Kier molecular flexibility index (Phi) is 13.0. The fraction of sp³-hybridized carbons (Fsp3) is 0.895. The predicted octanol–water partition coefficient (Wildman–Crippen LogP) is 2.43. The summed E-state index contributed by atoms with van der Waals surface area (Å²) in [4.78, 5) is 18.9. The second-order valence-electron chi connectivity index (χ2n) is 6.79. The quantitative estimate of drug-likeness (QED) is 0.183. The fourth-order valence-corrected chi connectivity index (χ4v) is 3.36. The highest BCUT2D eigenvalue weighted by atomic mass is 127. The highest BCUT2D eigenvalue weighted by Crippen LogP contribution is 2.18. The Bertz CT molecular complexity index is 437. The minimum absolute atomic E-state index is 0. The van der Waals surface area contributed by atoms with Gasteiger partial charge in [-0.2, -0.15) is 0 Å². The zero-order chi connectivity index (χ0) is 18.6. The normalized spacial score (nSPS) is 19.5. The molecule has 2 saturated heterocycles. The lowest BCUT2D eigenvalue weighted by atomic mass is 9.97. The molecule has 2 heterocycles. The molecule has 7 nitrogen and oxygen atoms in total. The minimum Gasteiger partial charge on any atom is -0.466 e. The van der Waals surface area contributed by atoms with Crippen LogP contribution in [0.25, 0.3) is 0 Å². The molecule has 27 heavy (non-hydrogen) atoms. The Morgan fingerprint density at radius 1 is 1.19 bits per heavy atom. The highest BCUT2D eigenvalue weighted by molar-refractivity contribution is 14.0. The first kappa shape index (κ1) is 24.4. The number of hydrogen-bond acceptors (Lipinski definition) is 5. The van der Waals surface area contributed by atoms with E-state index in [-0.39, 0.29) is 35.9 Å². The Morgan fingerprint density at radius 2 is 1.89 bits per heavy atom. The van der Waals surface area contributed by atoms with Crippen LogP contribution < -0.4 is 5.32 Å². The van der Waals surface area contributed by atoms with Crippen LogP contribution in [-0.4, -0.2) is 75.5 Å². The van der Waals surface area contributed by atoms with Gasteiger partial charge in [0.05, 0.1) is 18.6 Å². The van der Waals surface area contributed by atoms with E-state index in [9.17, 15) is 4.79 Å². The van der Waals surface area contributed by atoms with E-state index in [1.807, 2.05) is 6.92 Å². The van der Waals surface area contributed by atoms with E-state index in [1.54, 1.807) is 0 Å². The minimum atomic E-state index is -0.0562. The summed E-state index contributed by atoms with van der Waals surface area (Å²) in [6.07, 6.45) is 4.93. The average Bonchev–Trinajstić information content (AvgIpc) is 2.68. The van der Waals surface area contributed by atoms with E-state index in [4.69, 9.17) is 19.2 Å². The number of rotatable bonds is 8. The highest BCUT2D eigenvalue weighted by Gasteiger charge is 2.27. The van der Waals surface area contributed by atoms with Gasteiger partial charge in [-0.05, 0) is 46.0 Å². The van der Waals surface area contributed by atoms with Gasteiger partial charge < -0.3 is 24.4 Å². The first-order chi connectivity index (χ1) is 12.7. The van der Waals surface area contributed by atoms with Gasteiger partial charge in [0.15, 0.2) is 5.96 Å². The number of aliphatic imine (C=N–C) groups is 1. The third kappa shape index (κ3) is 8.95. The summed E-state index contributed by atoms with van der Waals surface area (Å²) in [6.45, 7) is 10.0. The van der Waals surface area contributed by atoms with Crippen LogP contribution in [0.5, 0.6) is 0 Å². The molecule has 0 aromatic carbocycles. The summed E-state index contributed by atoms with van der Waals surface area (Å²) < 4.78 is 16.4. The number of carbonyl (C=O) groups is 1. The van der Waals surface area contributed by atoms with Crippen LogP contribution in [0.4, 0.5) is 0 Å². The molecule has 0 atom stereocenters. The molecule has 8 heteroatoms. The number of ether oxygens (including phenoxy) is 3. The third-order valence-electron chi connectivity index (χ3n) is 4.84. The molecular weight excluding hydrogens is 461 g/mol. The summed E-state index contributed by atoms with van der Waals surface area (Å²) in [5.74, 6) is 0.919. The number of esters is 1. The predicted molar refractivity (Wildman–Crippen MR) is 117 cm³/mol. The van der Waals surface area contributed by atoms with E-state index in [1.165, 1.54) is 0 Å². The van der Waals surface area contributed by atoms with Crippen LogP contribution in [0.15, 0.2) is 4.99 Å². The van der Waals surface area contributed by atoms with E-state index in [0.29, 0.717) is 12.7 Å². The van der Waals surface area contributed by atoms with Crippen molar-refractivity contribution in [3.8, 4) is 0 Å². The molecule has 0 bridgehead atoms. The molecule has 0 aliphatic carbocycles. The molecule has 2 fully saturated rings. The molecule has 2 aliphatic heterocycles. The van der Waals surface area contributed by atoms with E-state index in [0.717, 1.165) is 84.1 Å². The van der Waals surface area contributed by atoms with Gasteiger partial charge in [-0.25, -0.2) is 0 Å². The first-order valence-corrected chi connectivity index (χ1v) is 10.1. The maximum atomic E-state index is 11.9. The zero-order valence-corrected chi connectivity index (χ0v) is 19.1. The Balaban J connectivity index is 0.00000364. The molecule has 2 aliphatic rings. The molecule has 2 rings (SSSR count). The summed E-state index contributed by atoms with van der Waals surface area (Å²) in [5.41, 5.74) is 0. The monoisotopic (exact) mass is 497 g/mol. The molecule has 0 radical (unpaired) electrons. The Morgan fingerprint density at radius 3 is 2.52 bits per heavy atom. The molecule has 0 spiro atoms. The molecule has 1 N–H and O–H groups in total. The van der Waals surface area contributed by atoms with Crippen molar-refractivity contribution in [2.24, 2.45) is 10.9 Å². The fourth-order valence-electron chi connectivity index (χ4n) is 3.36. The van der Waals surface area contributed by atoms with Gasteiger partial charge in [0, 0.05) is 46.0 Å². The van der Waals surface area contributed by atoms with Crippen molar-refractivity contribution in [3.63, 3.8) is 0 Å². The smallest absolute Gasteiger partial charge is 0.309 e. The molecule has 0 unspecified atom stereocenters. The van der Waals surface area contributed by atoms with Gasteiger partial charge in [-0.15, -0.1) is 24.0 Å². The van der Waals surface area contributed by atoms with Gasteiger partial charge in [-0.3, -0.25) is 9.79 Å². The number of likely N-dealkylation sites (tertiary alicyclic amines) is 1. The topological polar surface area (TPSA) is 72.4 Å². The van der Waals surface area contributed by atoms with E-state index < -0.39 is 0 Å². The van der Waals surface area contributed by atoms with Crippen molar-refractivity contribution >= 4 is 35.9 Å². The molecular formula is C19H36IN3O4. The van der Waals surface area contributed by atoms with Crippen molar-refractivity contribution in [1.29, 1.82) is 0 Å². The van der Waals surface area contributed by atoms with E-state index in [2.05, 4.69) is 17.1 Å². The van der Waals surface area contributed by atoms with Crippen molar-refractivity contribution in [3.05, 3.63) is 0 Å². The van der Waals surface area contributed by atoms with Gasteiger partial charge in [-0.1, -0.05) is 0 Å². The number of guanidine groups is 1. The van der Waals surface area contributed by atoms with Gasteiger partial charge >= 0.3 is 5.97 Å². The molecule has 158 valence electrons. The summed E-state index contributed by atoms with van der Waals surface area (Å²) >= 11 is 0. The van der Waals surface area contributed by atoms with Crippen LogP contribution in [0.3, 0.4) is 0 Å². The van der Waals surface area contributed by atoms with Gasteiger partial charge in [0.2, 0.25) is 0 Å². The lowest BCUT2D eigenvalue weighted by Gasteiger charge is -2.33. The molecule has 0 saturated carbocycles. The standard InChI is InChI=1S/C19H35N3O4.HI/c1-3-20-19(21-10-5-13-26-17-8-14-24-15-9-17)22-11-6-16(7-12-22)18(23)25-4-2;/h16-17H,3-15H2,1-2H3,(H,20,21);1H. The first-order valence-electron chi connectivity index (χ1n) is 10.1. The van der Waals surface area contributed by atoms with Crippen LogP contribution in [0.1, 0.15) is 46.0 Å². The number of nitrogens with one attached hydrogen (secondary N) is 1. The second kappa shape index (κ2) is 14.4. The summed E-state index contributed by atoms with van der Waals surface area (Å²) in [5, 5.41) is 3.36. The second-order valence-corrected chi connectivity index (χ2v) is 6.79. The van der Waals surface area contributed by atoms with Crippen LogP contribution in [-0.2, 0) is 19.0 Å². The van der Waals surface area contributed by atoms with Crippen molar-refractivity contribution < 1.29 is 19.0 Å². The summed E-state index contributed by atoms with van der Waals surface area (Å²) in [7, 11) is 0. The number of carbonyl (C=O) groups excluding carboxylic acids is 1. The van der Waals surface area contributed by atoms with E-state index >= 15 is 0 Å². The Labute approximate surface area is 180 Å². The van der Waals surface area contributed by atoms with Crippen LogP contribution in [0.2, 0.25) is 0 Å². The number of piperidine rings is 1. The Hall–Kier alpha value is -0.610. The van der Waals surface area contributed by atoms with Gasteiger partial charge in [0.1, 0.15) is 0 Å². The third-order valence-corrected chi connectivity index (χ3v) is 4.84. The number of halogens is 1. The lowest BCUT2D eigenvalue weighted by molar-refractivity contribution is -0.149. The van der Waals surface area contributed by atoms with Crippen molar-refractivity contribution in [1.82, 2.24) is 10.2 Å². The number of nitrogens with zero attached hydrogens (tertiary/aromatic N) is 2. The van der Waals surface area contributed by atoms with Gasteiger partial charge in [0.25, 0.3) is 0 Å². The van der Waals surface area contributed by atoms with Crippen molar-refractivity contribution in [2.45, 2.75) is 52.1 Å². The maximum Gasteiger partial charge on any atom is 0.309 e. The van der Waals surface area contributed by atoms with Crippen LogP contribution >= 0.6 is 24.0 Å². The maximum absolute atomic E-state index is 11.9. The molecule has 0 aromatic rings. The SMILES string of the molecule is CCNC(=NCCCOC1CCOCC1)N1CCC(C(=O)OCC)CC1.I.